The first-order valence-corrected chi connectivity index (χ1v) is 6.76. The Hall–Kier alpha value is -1.95. The molecule has 0 heterocycles. The standard InChI is InChI=1S/C15H23NO5/c1-6-21-11-7-13(18-3)12(14(8-11)19-4)9-16-10(2)15(17)20-5/h7-8,10,16H,6,9H2,1-5H3. The van der Waals surface area contributed by atoms with Crippen LogP contribution in [0.15, 0.2) is 12.1 Å². The summed E-state index contributed by atoms with van der Waals surface area (Å²) in [7, 11) is 4.52. The van der Waals surface area contributed by atoms with Crippen molar-refractivity contribution in [2.75, 3.05) is 27.9 Å². The zero-order chi connectivity index (χ0) is 15.8. The van der Waals surface area contributed by atoms with Crippen molar-refractivity contribution in [1.82, 2.24) is 5.32 Å². The molecule has 0 amide bonds. The van der Waals surface area contributed by atoms with Gasteiger partial charge in [-0.05, 0) is 13.8 Å². The SMILES string of the molecule is CCOc1cc(OC)c(CNC(C)C(=O)OC)c(OC)c1. The van der Waals surface area contributed by atoms with Crippen molar-refractivity contribution in [3.05, 3.63) is 17.7 Å². The van der Waals surface area contributed by atoms with E-state index in [4.69, 9.17) is 14.2 Å². The number of methoxy groups -OCH3 is 3. The van der Waals surface area contributed by atoms with Gasteiger partial charge in [0.25, 0.3) is 0 Å². The molecule has 0 aliphatic carbocycles. The highest BCUT2D eigenvalue weighted by atomic mass is 16.5. The molecule has 0 aliphatic heterocycles. The normalized spacial score (nSPS) is 11.7. The molecule has 0 aliphatic rings. The zero-order valence-electron chi connectivity index (χ0n) is 13.2. The van der Waals surface area contributed by atoms with Crippen LogP contribution in [0.4, 0.5) is 0 Å². The quantitative estimate of drug-likeness (QED) is 0.738. The second-order valence-corrected chi connectivity index (χ2v) is 4.37. The van der Waals surface area contributed by atoms with Gasteiger partial charge in [-0.25, -0.2) is 0 Å². The van der Waals surface area contributed by atoms with Gasteiger partial charge in [0.15, 0.2) is 0 Å². The summed E-state index contributed by atoms with van der Waals surface area (Å²) in [6, 6.07) is 3.17. The maximum atomic E-state index is 11.4. The van der Waals surface area contributed by atoms with Gasteiger partial charge >= 0.3 is 5.97 Å². The van der Waals surface area contributed by atoms with Crippen LogP contribution in [-0.2, 0) is 16.1 Å². The lowest BCUT2D eigenvalue weighted by atomic mass is 10.1. The number of esters is 1. The van der Waals surface area contributed by atoms with E-state index in [0.717, 1.165) is 5.56 Å². The lowest BCUT2D eigenvalue weighted by Gasteiger charge is -2.17. The van der Waals surface area contributed by atoms with Crippen molar-refractivity contribution >= 4 is 5.97 Å². The lowest BCUT2D eigenvalue weighted by molar-refractivity contribution is -0.142. The molecule has 21 heavy (non-hydrogen) atoms. The molecule has 6 nitrogen and oxygen atoms in total. The third kappa shape index (κ3) is 4.53. The third-order valence-corrected chi connectivity index (χ3v) is 3.03. The van der Waals surface area contributed by atoms with Crippen molar-refractivity contribution in [1.29, 1.82) is 0 Å². The van der Waals surface area contributed by atoms with Gasteiger partial charge in [-0.3, -0.25) is 4.79 Å². The average molecular weight is 297 g/mol. The second kappa shape index (κ2) is 8.36. The number of carbonyl (C=O) groups excluding carboxylic acids is 1. The third-order valence-electron chi connectivity index (χ3n) is 3.03. The average Bonchev–Trinajstić information content (AvgIpc) is 2.51. The number of nitrogens with one attached hydrogen (secondary N) is 1. The van der Waals surface area contributed by atoms with E-state index in [1.807, 2.05) is 6.92 Å². The number of hydrogen-bond donors (Lipinski definition) is 1. The van der Waals surface area contributed by atoms with E-state index < -0.39 is 6.04 Å². The summed E-state index contributed by atoms with van der Waals surface area (Å²) in [6.45, 7) is 4.62. The number of carbonyl (C=O) groups is 1. The molecule has 118 valence electrons. The fourth-order valence-corrected chi connectivity index (χ4v) is 1.90. The van der Waals surface area contributed by atoms with Crippen LogP contribution < -0.4 is 19.5 Å². The Kier molecular flexibility index (Phi) is 6.81. The molecule has 6 heteroatoms. The highest BCUT2D eigenvalue weighted by Gasteiger charge is 2.17. The van der Waals surface area contributed by atoms with E-state index in [1.165, 1.54) is 7.11 Å². The van der Waals surface area contributed by atoms with Crippen molar-refractivity contribution in [2.45, 2.75) is 26.4 Å². The van der Waals surface area contributed by atoms with E-state index in [0.29, 0.717) is 30.4 Å². The van der Waals surface area contributed by atoms with Crippen molar-refractivity contribution < 1.29 is 23.7 Å². The van der Waals surface area contributed by atoms with Crippen molar-refractivity contribution in [3.63, 3.8) is 0 Å². The molecule has 1 atom stereocenters. The summed E-state index contributed by atoms with van der Waals surface area (Å²) in [5.74, 6) is 1.64. The number of benzene rings is 1. The fraction of sp³-hybridized carbons (Fsp3) is 0.533. The van der Waals surface area contributed by atoms with E-state index >= 15 is 0 Å². The minimum Gasteiger partial charge on any atom is -0.496 e. The van der Waals surface area contributed by atoms with Crippen LogP contribution in [-0.4, -0.2) is 39.9 Å². The number of ether oxygens (including phenoxy) is 4. The Labute approximate surface area is 125 Å². The van der Waals surface area contributed by atoms with Gasteiger partial charge in [0.2, 0.25) is 0 Å². The van der Waals surface area contributed by atoms with Gasteiger partial charge in [0.1, 0.15) is 23.3 Å². The molecule has 0 saturated heterocycles. The van der Waals surface area contributed by atoms with Crippen molar-refractivity contribution in [2.24, 2.45) is 0 Å². The Balaban J connectivity index is 2.96. The van der Waals surface area contributed by atoms with Gasteiger partial charge in [0, 0.05) is 18.7 Å². The van der Waals surface area contributed by atoms with Crippen LogP contribution in [0, 0.1) is 0 Å². The van der Waals surface area contributed by atoms with E-state index in [9.17, 15) is 4.79 Å². The first-order valence-electron chi connectivity index (χ1n) is 6.76. The van der Waals surface area contributed by atoms with Crippen LogP contribution in [0.1, 0.15) is 19.4 Å². The van der Waals surface area contributed by atoms with E-state index in [-0.39, 0.29) is 5.97 Å². The Bertz CT molecular complexity index is 450. The molecular formula is C15H23NO5. The summed E-state index contributed by atoms with van der Waals surface area (Å²) in [5, 5.41) is 3.08. The number of rotatable bonds is 8. The molecular weight excluding hydrogens is 274 g/mol. The molecule has 1 rings (SSSR count). The van der Waals surface area contributed by atoms with Gasteiger partial charge in [-0.15, -0.1) is 0 Å². The summed E-state index contributed by atoms with van der Waals surface area (Å²) >= 11 is 0. The molecule has 0 aromatic heterocycles. The molecule has 0 fully saturated rings. The molecule has 0 spiro atoms. The van der Waals surface area contributed by atoms with Gasteiger partial charge in [0.05, 0.1) is 33.5 Å². The second-order valence-electron chi connectivity index (χ2n) is 4.37. The topological polar surface area (TPSA) is 66.0 Å². The highest BCUT2D eigenvalue weighted by Crippen LogP contribution is 2.34. The van der Waals surface area contributed by atoms with Crippen LogP contribution in [0.25, 0.3) is 0 Å². The molecule has 1 unspecified atom stereocenters. The summed E-state index contributed by atoms with van der Waals surface area (Å²) in [6.07, 6.45) is 0. The van der Waals surface area contributed by atoms with Crippen LogP contribution in [0.5, 0.6) is 17.2 Å². The van der Waals surface area contributed by atoms with Gasteiger partial charge in [-0.2, -0.15) is 0 Å². The van der Waals surface area contributed by atoms with E-state index in [2.05, 4.69) is 10.1 Å². The summed E-state index contributed by atoms with van der Waals surface area (Å²) in [4.78, 5) is 11.4. The van der Waals surface area contributed by atoms with Crippen LogP contribution >= 0.6 is 0 Å². The first kappa shape index (κ1) is 17.1. The smallest absolute Gasteiger partial charge is 0.322 e. The molecule has 0 bridgehead atoms. The Morgan fingerprint density at radius 1 is 1.19 bits per heavy atom. The minimum atomic E-state index is -0.420. The summed E-state index contributed by atoms with van der Waals surface area (Å²) in [5.41, 5.74) is 0.819. The zero-order valence-corrected chi connectivity index (χ0v) is 13.2. The predicted octanol–water partition coefficient (Wildman–Crippen LogP) is 1.75. The molecule has 0 radical (unpaired) electrons. The predicted molar refractivity (Wildman–Crippen MR) is 79.0 cm³/mol. The van der Waals surface area contributed by atoms with Gasteiger partial charge in [-0.1, -0.05) is 0 Å². The number of hydrogen-bond acceptors (Lipinski definition) is 6. The van der Waals surface area contributed by atoms with Crippen LogP contribution in [0.2, 0.25) is 0 Å². The fourth-order valence-electron chi connectivity index (χ4n) is 1.90. The Morgan fingerprint density at radius 3 is 2.19 bits per heavy atom. The molecule has 1 aromatic carbocycles. The molecule has 1 N–H and O–H groups in total. The lowest BCUT2D eigenvalue weighted by Crippen LogP contribution is -2.34. The van der Waals surface area contributed by atoms with E-state index in [1.54, 1.807) is 33.3 Å². The molecule has 1 aromatic rings. The maximum absolute atomic E-state index is 11.4. The highest BCUT2D eigenvalue weighted by molar-refractivity contribution is 5.75. The maximum Gasteiger partial charge on any atom is 0.322 e. The Morgan fingerprint density at radius 2 is 1.76 bits per heavy atom. The monoisotopic (exact) mass is 297 g/mol. The molecule has 0 saturated carbocycles. The first-order chi connectivity index (χ1) is 10.1. The summed E-state index contributed by atoms with van der Waals surface area (Å²) < 4.78 is 20.9. The van der Waals surface area contributed by atoms with Crippen molar-refractivity contribution in [3.8, 4) is 17.2 Å². The largest absolute Gasteiger partial charge is 0.496 e. The van der Waals surface area contributed by atoms with Gasteiger partial charge < -0.3 is 24.3 Å². The minimum absolute atomic E-state index is 0.320. The van der Waals surface area contributed by atoms with Crippen LogP contribution in [0.3, 0.4) is 0 Å².